The van der Waals surface area contributed by atoms with Crippen LogP contribution in [-0.2, 0) is 10.0 Å². The molecule has 2 aromatic rings. The van der Waals surface area contributed by atoms with Gasteiger partial charge in [-0.1, -0.05) is 0 Å². The van der Waals surface area contributed by atoms with Crippen molar-refractivity contribution < 1.29 is 17.9 Å². The van der Waals surface area contributed by atoms with E-state index < -0.39 is 10.0 Å². The second-order valence-corrected chi connectivity index (χ2v) is 5.85. The lowest BCUT2D eigenvalue weighted by atomic mass is 10.4. The maximum atomic E-state index is 11.1. The van der Waals surface area contributed by atoms with Crippen molar-refractivity contribution in [2.75, 3.05) is 0 Å². The number of hydrogen-bond acceptors (Lipinski definition) is 7. The van der Waals surface area contributed by atoms with E-state index in [4.69, 9.17) is 14.6 Å². The van der Waals surface area contributed by atoms with Crippen molar-refractivity contribution in [2.45, 2.75) is 25.0 Å². The lowest BCUT2D eigenvalue weighted by molar-refractivity contribution is 0.231. The van der Waals surface area contributed by atoms with E-state index in [2.05, 4.69) is 15.0 Å². The van der Waals surface area contributed by atoms with Crippen LogP contribution >= 0.6 is 0 Å². The Kier molecular flexibility index (Phi) is 4.34. The van der Waals surface area contributed by atoms with Gasteiger partial charge < -0.3 is 9.47 Å². The van der Waals surface area contributed by atoms with E-state index in [1.807, 2.05) is 13.8 Å². The minimum Gasteiger partial charge on any atom is -0.475 e. The number of nitrogens with zero attached hydrogens (tertiary/aromatic N) is 3. The fourth-order valence-corrected chi connectivity index (χ4v) is 1.86. The van der Waals surface area contributed by atoms with Gasteiger partial charge in [0.05, 0.1) is 18.4 Å². The molecule has 0 bridgehead atoms. The highest BCUT2D eigenvalue weighted by molar-refractivity contribution is 7.89. The molecular formula is C12H14N4O4S. The van der Waals surface area contributed by atoms with Gasteiger partial charge in [-0.3, -0.25) is 0 Å². The molecule has 112 valence electrons. The molecule has 8 nitrogen and oxygen atoms in total. The number of hydrogen-bond donors (Lipinski definition) is 1. The summed E-state index contributed by atoms with van der Waals surface area (Å²) in [4.78, 5) is 11.6. The predicted molar refractivity (Wildman–Crippen MR) is 73.5 cm³/mol. The van der Waals surface area contributed by atoms with E-state index in [9.17, 15) is 8.42 Å². The fraction of sp³-hybridized carbons (Fsp3) is 0.250. The fourth-order valence-electron chi connectivity index (χ4n) is 1.40. The summed E-state index contributed by atoms with van der Waals surface area (Å²) in [6.45, 7) is 3.75. The zero-order valence-corrected chi connectivity index (χ0v) is 12.2. The van der Waals surface area contributed by atoms with Crippen molar-refractivity contribution >= 4 is 10.0 Å². The van der Waals surface area contributed by atoms with Gasteiger partial charge in [0, 0.05) is 0 Å². The topological polar surface area (TPSA) is 117 Å². The van der Waals surface area contributed by atoms with Crippen LogP contribution in [0.25, 0.3) is 0 Å². The number of rotatable bonds is 5. The number of pyridine rings is 1. The molecule has 0 saturated heterocycles. The van der Waals surface area contributed by atoms with Gasteiger partial charge in [-0.05, 0) is 26.0 Å². The maximum absolute atomic E-state index is 11.1. The highest BCUT2D eigenvalue weighted by atomic mass is 32.2. The first kappa shape index (κ1) is 15.1. The number of ether oxygens (including phenoxy) is 2. The Morgan fingerprint density at radius 3 is 2.43 bits per heavy atom. The minimum atomic E-state index is -3.82. The number of nitrogens with two attached hydrogens (primary N) is 1. The Morgan fingerprint density at radius 1 is 1.14 bits per heavy atom. The third-order valence-electron chi connectivity index (χ3n) is 2.20. The molecule has 0 radical (unpaired) electrons. The van der Waals surface area contributed by atoms with E-state index in [1.165, 1.54) is 30.7 Å². The van der Waals surface area contributed by atoms with Crippen LogP contribution in [0.15, 0.2) is 35.7 Å². The zero-order valence-electron chi connectivity index (χ0n) is 11.4. The number of primary sulfonamides is 1. The molecule has 0 aliphatic carbocycles. The van der Waals surface area contributed by atoms with Crippen molar-refractivity contribution in [3.8, 4) is 17.5 Å². The van der Waals surface area contributed by atoms with Crippen LogP contribution in [-0.4, -0.2) is 29.5 Å². The van der Waals surface area contributed by atoms with E-state index in [0.29, 0.717) is 11.6 Å². The normalized spacial score (nSPS) is 11.4. The van der Waals surface area contributed by atoms with Crippen molar-refractivity contribution in [1.82, 2.24) is 15.0 Å². The molecule has 9 heteroatoms. The van der Waals surface area contributed by atoms with E-state index >= 15 is 0 Å². The van der Waals surface area contributed by atoms with Gasteiger partial charge >= 0.3 is 0 Å². The van der Waals surface area contributed by atoms with Crippen LogP contribution in [0.3, 0.4) is 0 Å². The second kappa shape index (κ2) is 6.02. The van der Waals surface area contributed by atoms with Crippen LogP contribution in [0.2, 0.25) is 0 Å². The molecule has 0 fully saturated rings. The molecule has 2 aromatic heterocycles. The monoisotopic (exact) mass is 310 g/mol. The molecule has 0 aliphatic heterocycles. The summed E-state index contributed by atoms with van der Waals surface area (Å²) >= 11 is 0. The first-order chi connectivity index (χ1) is 9.84. The van der Waals surface area contributed by atoms with Gasteiger partial charge in [-0.2, -0.15) is 0 Å². The van der Waals surface area contributed by atoms with Gasteiger partial charge in [0.15, 0.2) is 5.03 Å². The van der Waals surface area contributed by atoms with Crippen molar-refractivity contribution in [3.05, 3.63) is 30.7 Å². The third-order valence-corrected chi connectivity index (χ3v) is 3.02. The van der Waals surface area contributed by atoms with Gasteiger partial charge in [-0.15, -0.1) is 0 Å². The van der Waals surface area contributed by atoms with Gasteiger partial charge in [0.25, 0.3) is 10.0 Å². The summed E-state index contributed by atoms with van der Waals surface area (Å²) in [5.41, 5.74) is 0. The van der Waals surface area contributed by atoms with Crippen LogP contribution in [0, 0.1) is 0 Å². The second-order valence-electron chi connectivity index (χ2n) is 4.34. The standard InChI is InChI=1S/C12H14N4O4S/c1-8(2)19-10-5-11(16-7-15-10)20-9-3-4-12(14-6-9)21(13,17)18/h3-8H,1-2H3,(H2,13,17,18). The maximum Gasteiger partial charge on any atom is 0.255 e. The largest absolute Gasteiger partial charge is 0.475 e. The minimum absolute atomic E-state index is 0.0246. The predicted octanol–water partition coefficient (Wildman–Crippen LogP) is 1.10. The van der Waals surface area contributed by atoms with Gasteiger partial charge in [-0.25, -0.2) is 28.5 Å². The van der Waals surface area contributed by atoms with Gasteiger partial charge in [0.2, 0.25) is 11.8 Å². The Labute approximate surface area is 122 Å². The summed E-state index contributed by atoms with van der Waals surface area (Å²) in [5, 5.41) is 4.72. The molecule has 0 spiro atoms. The first-order valence-electron chi connectivity index (χ1n) is 6.00. The molecule has 21 heavy (non-hydrogen) atoms. The van der Waals surface area contributed by atoms with Crippen molar-refractivity contribution in [3.63, 3.8) is 0 Å². The molecule has 2 N–H and O–H groups in total. The van der Waals surface area contributed by atoms with E-state index in [1.54, 1.807) is 0 Å². The zero-order chi connectivity index (χ0) is 15.5. The Morgan fingerprint density at radius 2 is 1.86 bits per heavy atom. The third kappa shape index (κ3) is 4.36. The van der Waals surface area contributed by atoms with Crippen LogP contribution < -0.4 is 14.6 Å². The molecule has 0 amide bonds. The summed E-state index contributed by atoms with van der Waals surface area (Å²) in [7, 11) is -3.82. The van der Waals surface area contributed by atoms with E-state index in [0.717, 1.165) is 0 Å². The average Bonchev–Trinajstić information content (AvgIpc) is 2.38. The molecule has 0 aliphatic rings. The van der Waals surface area contributed by atoms with Gasteiger partial charge in [0.1, 0.15) is 12.1 Å². The number of sulfonamides is 1. The van der Waals surface area contributed by atoms with Crippen LogP contribution in [0.1, 0.15) is 13.8 Å². The lowest BCUT2D eigenvalue weighted by Gasteiger charge is -2.09. The van der Waals surface area contributed by atoms with Crippen LogP contribution in [0.5, 0.6) is 17.5 Å². The summed E-state index contributed by atoms with van der Waals surface area (Å²) in [6.07, 6.45) is 2.52. The highest BCUT2D eigenvalue weighted by Gasteiger charge is 2.10. The molecule has 2 heterocycles. The summed E-state index contributed by atoms with van der Waals surface area (Å²) in [6, 6.07) is 4.20. The van der Waals surface area contributed by atoms with E-state index in [-0.39, 0.29) is 17.0 Å². The number of aromatic nitrogens is 3. The van der Waals surface area contributed by atoms with Crippen LogP contribution in [0.4, 0.5) is 0 Å². The lowest BCUT2D eigenvalue weighted by Crippen LogP contribution is -2.13. The molecule has 0 aromatic carbocycles. The van der Waals surface area contributed by atoms with Crippen molar-refractivity contribution in [2.24, 2.45) is 5.14 Å². The average molecular weight is 310 g/mol. The molecular weight excluding hydrogens is 296 g/mol. The van der Waals surface area contributed by atoms with Crippen molar-refractivity contribution in [1.29, 1.82) is 0 Å². The molecule has 0 atom stereocenters. The summed E-state index contributed by atoms with van der Waals surface area (Å²) < 4.78 is 33.0. The highest BCUT2D eigenvalue weighted by Crippen LogP contribution is 2.21. The summed E-state index contributed by atoms with van der Waals surface area (Å²) in [5.74, 6) is 0.950. The SMILES string of the molecule is CC(C)Oc1cc(Oc2ccc(S(N)(=O)=O)nc2)ncn1. The molecule has 0 saturated carbocycles. The Bertz CT molecular complexity index is 716. The molecule has 0 unspecified atom stereocenters. The molecule has 2 rings (SSSR count). The Balaban J connectivity index is 2.15. The Hall–Kier alpha value is -2.26. The first-order valence-corrected chi connectivity index (χ1v) is 7.54. The quantitative estimate of drug-likeness (QED) is 0.878. The smallest absolute Gasteiger partial charge is 0.255 e.